The molecule has 1 aromatic rings. The highest BCUT2D eigenvalue weighted by Crippen LogP contribution is 2.36. The first-order valence-corrected chi connectivity index (χ1v) is 11.9. The van der Waals surface area contributed by atoms with Gasteiger partial charge in [0.1, 0.15) is 11.4 Å². The summed E-state index contributed by atoms with van der Waals surface area (Å²) in [5.74, 6) is 2.23. The lowest BCUT2D eigenvalue weighted by molar-refractivity contribution is -0.147. The minimum atomic E-state index is -0.687. The number of rotatable bonds is 9. The maximum absolute atomic E-state index is 13.0. The summed E-state index contributed by atoms with van der Waals surface area (Å²) in [7, 11) is 0. The predicted octanol–water partition coefficient (Wildman–Crippen LogP) is 5.11. The SMILES string of the molecule is CCO[C@@]1(C(=O)Nc2ccc(OCCCN3CCC(C)CC3)cc2)CCC[C@@H](C)C1. The number of nitrogens with one attached hydrogen (secondary N) is 1. The third-order valence-electron chi connectivity index (χ3n) is 6.67. The number of ether oxygens (including phenoxy) is 2. The van der Waals surface area contributed by atoms with Crippen molar-refractivity contribution in [3.8, 4) is 5.75 Å². The van der Waals surface area contributed by atoms with Crippen LogP contribution >= 0.6 is 0 Å². The average molecular weight is 417 g/mol. The molecule has 1 N–H and O–H groups in total. The highest BCUT2D eigenvalue weighted by Gasteiger charge is 2.42. The minimum absolute atomic E-state index is 0.0135. The van der Waals surface area contributed by atoms with E-state index in [0.29, 0.717) is 12.5 Å². The highest BCUT2D eigenvalue weighted by atomic mass is 16.5. The molecule has 0 bridgehead atoms. The number of piperidine rings is 1. The van der Waals surface area contributed by atoms with Crippen LogP contribution in [0, 0.1) is 11.8 Å². The zero-order valence-electron chi connectivity index (χ0n) is 19.1. The fraction of sp³-hybridized carbons (Fsp3) is 0.720. The van der Waals surface area contributed by atoms with Crippen LogP contribution in [0.15, 0.2) is 24.3 Å². The van der Waals surface area contributed by atoms with Crippen molar-refractivity contribution in [1.82, 2.24) is 4.90 Å². The molecule has 1 amide bonds. The van der Waals surface area contributed by atoms with E-state index in [4.69, 9.17) is 9.47 Å². The number of hydrogen-bond acceptors (Lipinski definition) is 4. The molecule has 0 unspecified atom stereocenters. The fourth-order valence-electron chi connectivity index (χ4n) is 4.83. The fourth-order valence-corrected chi connectivity index (χ4v) is 4.83. The van der Waals surface area contributed by atoms with Crippen molar-refractivity contribution in [3.63, 3.8) is 0 Å². The van der Waals surface area contributed by atoms with Crippen molar-refractivity contribution in [2.75, 3.05) is 38.2 Å². The van der Waals surface area contributed by atoms with Crippen LogP contribution in [0.5, 0.6) is 5.75 Å². The van der Waals surface area contributed by atoms with E-state index in [2.05, 4.69) is 24.1 Å². The molecule has 5 nitrogen and oxygen atoms in total. The Morgan fingerprint density at radius 2 is 1.87 bits per heavy atom. The van der Waals surface area contributed by atoms with E-state index in [1.54, 1.807) is 0 Å². The second-order valence-electron chi connectivity index (χ2n) is 9.33. The van der Waals surface area contributed by atoms with Crippen LogP contribution in [0.1, 0.15) is 65.7 Å². The molecule has 1 heterocycles. The normalized spacial score (nSPS) is 25.8. The van der Waals surface area contributed by atoms with Crippen LogP contribution in [-0.4, -0.2) is 49.3 Å². The molecule has 0 aromatic heterocycles. The van der Waals surface area contributed by atoms with E-state index in [1.807, 2.05) is 31.2 Å². The van der Waals surface area contributed by atoms with Crippen molar-refractivity contribution in [2.45, 2.75) is 71.3 Å². The van der Waals surface area contributed by atoms with Gasteiger partial charge in [0.15, 0.2) is 0 Å². The molecule has 2 atom stereocenters. The summed E-state index contributed by atoms with van der Waals surface area (Å²) in [6.45, 7) is 11.4. The first-order chi connectivity index (χ1) is 14.5. The van der Waals surface area contributed by atoms with Gasteiger partial charge < -0.3 is 19.7 Å². The quantitative estimate of drug-likeness (QED) is 0.568. The summed E-state index contributed by atoms with van der Waals surface area (Å²) in [6, 6.07) is 7.72. The van der Waals surface area contributed by atoms with Crippen molar-refractivity contribution >= 4 is 11.6 Å². The third-order valence-corrected chi connectivity index (χ3v) is 6.67. The second-order valence-corrected chi connectivity index (χ2v) is 9.33. The Balaban J connectivity index is 1.44. The molecule has 30 heavy (non-hydrogen) atoms. The molecule has 1 aromatic carbocycles. The maximum atomic E-state index is 13.0. The third kappa shape index (κ3) is 6.45. The van der Waals surface area contributed by atoms with Gasteiger partial charge in [-0.2, -0.15) is 0 Å². The maximum Gasteiger partial charge on any atom is 0.256 e. The van der Waals surface area contributed by atoms with Gasteiger partial charge in [-0.05, 0) is 94.6 Å². The molecular weight excluding hydrogens is 376 g/mol. The van der Waals surface area contributed by atoms with Crippen LogP contribution in [0.3, 0.4) is 0 Å². The van der Waals surface area contributed by atoms with Gasteiger partial charge in [-0.15, -0.1) is 0 Å². The Morgan fingerprint density at radius 3 is 2.53 bits per heavy atom. The van der Waals surface area contributed by atoms with Crippen molar-refractivity contribution in [1.29, 1.82) is 0 Å². The van der Waals surface area contributed by atoms with E-state index in [-0.39, 0.29) is 5.91 Å². The molecular formula is C25H40N2O3. The number of benzene rings is 1. The molecule has 0 spiro atoms. The summed E-state index contributed by atoms with van der Waals surface area (Å²) < 4.78 is 11.9. The standard InChI is InChI=1S/C25H40N2O3/c1-4-30-25(14-5-7-21(3)19-25)24(28)26-22-8-10-23(11-9-22)29-18-6-15-27-16-12-20(2)13-17-27/h8-11,20-21H,4-7,12-19H2,1-3H3,(H,26,28)/t21-,25+/m1/s1. The summed E-state index contributed by atoms with van der Waals surface area (Å²) in [6.07, 6.45) is 7.48. The number of likely N-dealkylation sites (tertiary alicyclic amines) is 1. The van der Waals surface area contributed by atoms with Gasteiger partial charge in [0.2, 0.25) is 0 Å². The van der Waals surface area contributed by atoms with Crippen LogP contribution in [0.25, 0.3) is 0 Å². The number of carbonyl (C=O) groups excluding carboxylic acids is 1. The predicted molar refractivity (Wildman–Crippen MR) is 122 cm³/mol. The molecule has 1 saturated heterocycles. The van der Waals surface area contributed by atoms with Gasteiger partial charge >= 0.3 is 0 Å². The van der Waals surface area contributed by atoms with E-state index < -0.39 is 5.60 Å². The largest absolute Gasteiger partial charge is 0.494 e. The Kier molecular flexibility index (Phi) is 8.58. The van der Waals surface area contributed by atoms with Crippen LogP contribution in [0.4, 0.5) is 5.69 Å². The molecule has 2 fully saturated rings. The lowest BCUT2D eigenvalue weighted by Crippen LogP contribution is -2.48. The monoisotopic (exact) mass is 416 g/mol. The molecule has 3 rings (SSSR count). The Bertz CT molecular complexity index is 651. The van der Waals surface area contributed by atoms with Crippen LogP contribution in [-0.2, 0) is 9.53 Å². The van der Waals surface area contributed by atoms with Gasteiger partial charge in [-0.1, -0.05) is 20.3 Å². The molecule has 1 aliphatic heterocycles. The molecule has 5 heteroatoms. The molecule has 168 valence electrons. The summed E-state index contributed by atoms with van der Waals surface area (Å²) >= 11 is 0. The molecule has 2 aliphatic rings. The van der Waals surface area contributed by atoms with Gasteiger partial charge in [0.25, 0.3) is 5.91 Å². The number of nitrogens with zero attached hydrogens (tertiary/aromatic N) is 1. The number of carbonyl (C=O) groups is 1. The highest BCUT2D eigenvalue weighted by molar-refractivity contribution is 5.97. The lowest BCUT2D eigenvalue weighted by atomic mass is 9.78. The van der Waals surface area contributed by atoms with Crippen LogP contribution < -0.4 is 10.1 Å². The second kappa shape index (κ2) is 11.1. The van der Waals surface area contributed by atoms with Gasteiger partial charge in [0, 0.05) is 18.8 Å². The van der Waals surface area contributed by atoms with Crippen molar-refractivity contribution in [2.24, 2.45) is 11.8 Å². The first kappa shape index (κ1) is 23.1. The zero-order chi connectivity index (χ0) is 21.4. The molecule has 1 aliphatic carbocycles. The minimum Gasteiger partial charge on any atom is -0.494 e. The molecule has 0 radical (unpaired) electrons. The number of hydrogen-bond donors (Lipinski definition) is 1. The average Bonchev–Trinajstić information content (AvgIpc) is 2.74. The van der Waals surface area contributed by atoms with E-state index in [0.717, 1.165) is 56.2 Å². The van der Waals surface area contributed by atoms with E-state index in [9.17, 15) is 4.79 Å². The van der Waals surface area contributed by atoms with Gasteiger partial charge in [-0.3, -0.25) is 4.79 Å². The number of anilines is 1. The zero-order valence-corrected chi connectivity index (χ0v) is 19.1. The van der Waals surface area contributed by atoms with Crippen molar-refractivity contribution < 1.29 is 14.3 Å². The smallest absolute Gasteiger partial charge is 0.256 e. The Hall–Kier alpha value is -1.59. The van der Waals surface area contributed by atoms with Crippen LogP contribution in [0.2, 0.25) is 0 Å². The Morgan fingerprint density at radius 1 is 1.13 bits per heavy atom. The van der Waals surface area contributed by atoms with Gasteiger partial charge in [-0.25, -0.2) is 0 Å². The van der Waals surface area contributed by atoms with Gasteiger partial charge in [0.05, 0.1) is 6.61 Å². The lowest BCUT2D eigenvalue weighted by Gasteiger charge is -2.38. The van der Waals surface area contributed by atoms with E-state index in [1.165, 1.54) is 32.4 Å². The summed E-state index contributed by atoms with van der Waals surface area (Å²) in [4.78, 5) is 15.6. The number of amides is 1. The van der Waals surface area contributed by atoms with Crippen molar-refractivity contribution in [3.05, 3.63) is 24.3 Å². The first-order valence-electron chi connectivity index (χ1n) is 11.9. The Labute approximate surface area is 182 Å². The summed E-state index contributed by atoms with van der Waals surface area (Å²) in [5, 5.41) is 3.07. The summed E-state index contributed by atoms with van der Waals surface area (Å²) in [5.41, 5.74) is 0.112. The van der Waals surface area contributed by atoms with E-state index >= 15 is 0 Å². The topological polar surface area (TPSA) is 50.8 Å². The molecule has 1 saturated carbocycles.